The number of anilines is 1. The Balaban J connectivity index is 0.00000289. The van der Waals surface area contributed by atoms with E-state index in [1.54, 1.807) is 12.1 Å². The van der Waals surface area contributed by atoms with Crippen molar-refractivity contribution in [3.63, 3.8) is 0 Å². The van der Waals surface area contributed by atoms with Gasteiger partial charge in [0.2, 0.25) is 0 Å². The molecule has 1 rings (SSSR count). The van der Waals surface area contributed by atoms with Gasteiger partial charge in [-0.1, -0.05) is 25.4 Å². The van der Waals surface area contributed by atoms with Crippen molar-refractivity contribution >= 4 is 29.7 Å². The van der Waals surface area contributed by atoms with Gasteiger partial charge in [0.25, 0.3) is 0 Å². The molecule has 4 nitrogen and oxygen atoms in total. The topological polar surface area (TPSA) is 82.1 Å². The molecular weight excluding hydrogens is 273 g/mol. The average Bonchev–Trinajstić information content (AvgIpc) is 2.29. The zero-order valence-corrected chi connectivity index (χ0v) is 11.8. The molecular formula is C12H17Cl2N3O. The van der Waals surface area contributed by atoms with Crippen molar-refractivity contribution in [3.8, 4) is 6.07 Å². The van der Waals surface area contributed by atoms with Gasteiger partial charge < -0.3 is 16.2 Å². The fourth-order valence-electron chi connectivity index (χ4n) is 1.59. The maximum Gasteiger partial charge on any atom is 0.101 e. The van der Waals surface area contributed by atoms with Gasteiger partial charge in [0.1, 0.15) is 6.07 Å². The maximum atomic E-state index is 9.33. The standard InChI is InChI=1S/C12H16ClN3O.ClH/c1-7(2)16-11(6-17)8-3-9(5-14)12(15)10(13)4-8;/h3-4,7,11,16-17H,6,15H2,1-2H3;1H. The second-order valence-corrected chi connectivity index (χ2v) is 4.54. The molecule has 1 aromatic rings. The molecule has 100 valence electrons. The number of aliphatic hydroxyl groups is 1. The van der Waals surface area contributed by atoms with Gasteiger partial charge in [-0.2, -0.15) is 5.26 Å². The number of nitrogens with zero attached hydrogens (tertiary/aromatic N) is 1. The number of rotatable bonds is 4. The minimum absolute atomic E-state index is 0. The van der Waals surface area contributed by atoms with Crippen molar-refractivity contribution in [2.75, 3.05) is 12.3 Å². The Morgan fingerprint density at radius 2 is 2.11 bits per heavy atom. The number of halogens is 2. The number of nitrogen functional groups attached to an aromatic ring is 1. The van der Waals surface area contributed by atoms with Crippen LogP contribution in [0.1, 0.15) is 31.0 Å². The first-order valence-corrected chi connectivity index (χ1v) is 5.73. The molecule has 4 N–H and O–H groups in total. The van der Waals surface area contributed by atoms with Crippen LogP contribution in [-0.2, 0) is 0 Å². The number of benzene rings is 1. The summed E-state index contributed by atoms with van der Waals surface area (Å²) < 4.78 is 0. The third kappa shape index (κ3) is 4.04. The van der Waals surface area contributed by atoms with Crippen LogP contribution in [0.3, 0.4) is 0 Å². The molecule has 0 saturated heterocycles. The number of hydrogen-bond donors (Lipinski definition) is 3. The van der Waals surface area contributed by atoms with E-state index in [0.29, 0.717) is 10.6 Å². The van der Waals surface area contributed by atoms with Crippen molar-refractivity contribution in [3.05, 3.63) is 28.3 Å². The van der Waals surface area contributed by atoms with E-state index < -0.39 is 0 Å². The Bertz CT molecular complexity index is 444. The molecule has 0 heterocycles. The van der Waals surface area contributed by atoms with Gasteiger partial charge in [-0.25, -0.2) is 0 Å². The monoisotopic (exact) mass is 289 g/mol. The molecule has 18 heavy (non-hydrogen) atoms. The van der Waals surface area contributed by atoms with Crippen LogP contribution in [0.4, 0.5) is 5.69 Å². The molecule has 0 aliphatic heterocycles. The van der Waals surface area contributed by atoms with E-state index in [4.69, 9.17) is 22.6 Å². The summed E-state index contributed by atoms with van der Waals surface area (Å²) in [6.07, 6.45) is 0. The predicted molar refractivity (Wildman–Crippen MR) is 75.9 cm³/mol. The van der Waals surface area contributed by atoms with Crippen LogP contribution in [0.2, 0.25) is 5.02 Å². The molecule has 6 heteroatoms. The molecule has 1 atom stereocenters. The quantitative estimate of drug-likeness (QED) is 0.743. The van der Waals surface area contributed by atoms with E-state index in [2.05, 4.69) is 5.32 Å². The number of hydrogen-bond acceptors (Lipinski definition) is 4. The van der Waals surface area contributed by atoms with Crippen LogP contribution in [0.25, 0.3) is 0 Å². The summed E-state index contributed by atoms with van der Waals surface area (Å²) in [5, 5.41) is 21.8. The highest BCUT2D eigenvalue weighted by Gasteiger charge is 2.15. The molecule has 0 saturated carbocycles. The molecule has 0 radical (unpaired) electrons. The predicted octanol–water partition coefficient (Wildman–Crippen LogP) is 2.25. The average molecular weight is 290 g/mol. The summed E-state index contributed by atoms with van der Waals surface area (Å²) in [5.74, 6) is 0. The van der Waals surface area contributed by atoms with E-state index in [-0.39, 0.29) is 36.8 Å². The zero-order chi connectivity index (χ0) is 13.0. The number of nitrogens with one attached hydrogen (secondary N) is 1. The molecule has 0 aliphatic rings. The first-order chi connectivity index (χ1) is 7.99. The van der Waals surface area contributed by atoms with E-state index in [0.717, 1.165) is 5.56 Å². The summed E-state index contributed by atoms with van der Waals surface area (Å²) in [7, 11) is 0. The van der Waals surface area contributed by atoms with Gasteiger partial charge in [-0.15, -0.1) is 12.4 Å². The van der Waals surface area contributed by atoms with Crippen molar-refractivity contribution in [1.29, 1.82) is 5.26 Å². The summed E-state index contributed by atoms with van der Waals surface area (Å²) >= 11 is 5.95. The van der Waals surface area contributed by atoms with Gasteiger partial charge in [0.15, 0.2) is 0 Å². The Morgan fingerprint density at radius 1 is 1.50 bits per heavy atom. The van der Waals surface area contributed by atoms with Crippen LogP contribution < -0.4 is 11.1 Å². The summed E-state index contributed by atoms with van der Waals surface area (Å²) in [6, 6.07) is 5.28. The second-order valence-electron chi connectivity index (χ2n) is 4.13. The molecule has 0 spiro atoms. The number of aliphatic hydroxyl groups excluding tert-OH is 1. The van der Waals surface area contributed by atoms with E-state index >= 15 is 0 Å². The van der Waals surface area contributed by atoms with Gasteiger partial charge in [0.05, 0.1) is 28.9 Å². The van der Waals surface area contributed by atoms with Crippen LogP contribution in [0.5, 0.6) is 0 Å². The summed E-state index contributed by atoms with van der Waals surface area (Å²) in [4.78, 5) is 0. The van der Waals surface area contributed by atoms with Gasteiger partial charge >= 0.3 is 0 Å². The van der Waals surface area contributed by atoms with Crippen molar-refractivity contribution in [2.24, 2.45) is 0 Å². The molecule has 0 fully saturated rings. The van der Waals surface area contributed by atoms with Gasteiger partial charge in [0, 0.05) is 6.04 Å². The number of nitriles is 1. The highest BCUT2D eigenvalue weighted by atomic mass is 35.5. The van der Waals surface area contributed by atoms with Crippen molar-refractivity contribution in [2.45, 2.75) is 25.9 Å². The SMILES string of the molecule is CC(C)NC(CO)c1cc(Cl)c(N)c(C#N)c1.Cl. The fourth-order valence-corrected chi connectivity index (χ4v) is 1.82. The molecule has 1 aromatic carbocycles. The molecule has 1 unspecified atom stereocenters. The lowest BCUT2D eigenvalue weighted by Crippen LogP contribution is -2.30. The van der Waals surface area contributed by atoms with Gasteiger partial charge in [-0.3, -0.25) is 0 Å². The summed E-state index contributed by atoms with van der Waals surface area (Å²) in [6.45, 7) is 3.89. The lowest BCUT2D eigenvalue weighted by molar-refractivity contribution is 0.237. The normalized spacial score (nSPS) is 11.8. The highest BCUT2D eigenvalue weighted by molar-refractivity contribution is 6.33. The van der Waals surface area contributed by atoms with E-state index in [1.165, 1.54) is 0 Å². The minimum Gasteiger partial charge on any atom is -0.396 e. The molecule has 0 aliphatic carbocycles. The van der Waals surface area contributed by atoms with E-state index in [1.807, 2.05) is 19.9 Å². The van der Waals surface area contributed by atoms with E-state index in [9.17, 15) is 5.11 Å². The lowest BCUT2D eigenvalue weighted by atomic mass is 10.0. The fraction of sp³-hybridized carbons (Fsp3) is 0.417. The Kier molecular flexibility index (Phi) is 7.04. The molecule has 0 bridgehead atoms. The Labute approximate surface area is 118 Å². The third-order valence-corrected chi connectivity index (χ3v) is 2.70. The largest absolute Gasteiger partial charge is 0.396 e. The first kappa shape index (κ1) is 17.0. The van der Waals surface area contributed by atoms with Crippen LogP contribution in [0, 0.1) is 11.3 Å². The third-order valence-electron chi connectivity index (χ3n) is 2.39. The second kappa shape index (κ2) is 7.45. The molecule has 0 aromatic heterocycles. The zero-order valence-electron chi connectivity index (χ0n) is 10.3. The van der Waals surface area contributed by atoms with Crippen molar-refractivity contribution in [1.82, 2.24) is 5.32 Å². The molecule has 0 amide bonds. The van der Waals surface area contributed by atoms with Crippen LogP contribution in [-0.4, -0.2) is 17.8 Å². The first-order valence-electron chi connectivity index (χ1n) is 5.35. The Morgan fingerprint density at radius 3 is 2.56 bits per heavy atom. The Hall–Kier alpha value is -0.990. The summed E-state index contributed by atoms with van der Waals surface area (Å²) in [5.41, 5.74) is 7.04. The van der Waals surface area contributed by atoms with Crippen LogP contribution in [0.15, 0.2) is 12.1 Å². The smallest absolute Gasteiger partial charge is 0.101 e. The highest BCUT2D eigenvalue weighted by Crippen LogP contribution is 2.27. The lowest BCUT2D eigenvalue weighted by Gasteiger charge is -2.20. The minimum atomic E-state index is -0.250. The number of nitrogens with two attached hydrogens (primary N) is 1. The van der Waals surface area contributed by atoms with Crippen LogP contribution >= 0.6 is 24.0 Å². The van der Waals surface area contributed by atoms with Crippen molar-refractivity contribution < 1.29 is 5.11 Å². The van der Waals surface area contributed by atoms with Gasteiger partial charge in [-0.05, 0) is 17.7 Å². The maximum absolute atomic E-state index is 9.33.